The van der Waals surface area contributed by atoms with Crippen LogP contribution in [0.25, 0.3) is 11.3 Å². The molecule has 260 valence electrons. The van der Waals surface area contributed by atoms with E-state index in [4.69, 9.17) is 23.4 Å². The van der Waals surface area contributed by atoms with Crippen LogP contribution in [0.5, 0.6) is 5.75 Å². The quantitative estimate of drug-likeness (QED) is 0.305. The molecule has 0 amide bonds. The summed E-state index contributed by atoms with van der Waals surface area (Å²) >= 11 is 0. The molecule has 2 aromatic heterocycles. The van der Waals surface area contributed by atoms with Gasteiger partial charge in [-0.3, -0.25) is 19.4 Å². The Balaban J connectivity index is 1.47. The summed E-state index contributed by atoms with van der Waals surface area (Å²) in [6, 6.07) is 5.08. The van der Waals surface area contributed by atoms with Crippen molar-refractivity contribution in [2.75, 3.05) is 6.61 Å². The van der Waals surface area contributed by atoms with E-state index in [1.165, 1.54) is 13.8 Å². The van der Waals surface area contributed by atoms with E-state index in [2.05, 4.69) is 11.9 Å². The summed E-state index contributed by atoms with van der Waals surface area (Å²) < 4.78 is 30.5. The van der Waals surface area contributed by atoms with Gasteiger partial charge in [-0.15, -0.1) is 0 Å². The fraction of sp³-hybridized carbons (Fsp3) is 0.649. The Morgan fingerprint density at radius 2 is 1.75 bits per heavy atom. The molecule has 3 saturated carbocycles. The molecule has 11 nitrogen and oxygen atoms in total. The first-order chi connectivity index (χ1) is 22.7. The van der Waals surface area contributed by atoms with Gasteiger partial charge in [0.15, 0.2) is 0 Å². The van der Waals surface area contributed by atoms with Crippen molar-refractivity contribution in [2.24, 2.45) is 34.5 Å². The number of hydrogen-bond acceptors (Lipinski definition) is 11. The van der Waals surface area contributed by atoms with Gasteiger partial charge in [-0.2, -0.15) is 0 Å². The second-order valence-corrected chi connectivity index (χ2v) is 15.2. The molecule has 0 spiro atoms. The molecule has 3 fully saturated rings. The number of esters is 3. The Morgan fingerprint density at radius 3 is 2.40 bits per heavy atom. The number of carbonyl (C=O) groups is 3. The summed E-state index contributed by atoms with van der Waals surface area (Å²) in [4.78, 5) is 56.1. The normalized spacial score (nSPS) is 37.1. The molecular weight excluding hydrogens is 618 g/mol. The highest BCUT2D eigenvalue weighted by atomic mass is 16.6. The summed E-state index contributed by atoms with van der Waals surface area (Å²) in [7, 11) is 0. The van der Waals surface area contributed by atoms with Crippen molar-refractivity contribution in [3.8, 4) is 17.1 Å². The number of aliphatic hydroxyl groups is 1. The van der Waals surface area contributed by atoms with Crippen LogP contribution in [0, 0.1) is 34.5 Å². The number of aromatic nitrogens is 1. The highest BCUT2D eigenvalue weighted by molar-refractivity contribution is 5.73. The molecule has 0 aromatic carbocycles. The van der Waals surface area contributed by atoms with Crippen LogP contribution in [-0.4, -0.2) is 52.4 Å². The van der Waals surface area contributed by atoms with Crippen molar-refractivity contribution < 1.29 is 42.9 Å². The lowest BCUT2D eigenvalue weighted by molar-refractivity contribution is -0.272. The maximum Gasteiger partial charge on any atom is 0.345 e. The molecule has 1 N–H and O–H groups in total. The fourth-order valence-corrected chi connectivity index (χ4v) is 9.57. The Labute approximate surface area is 280 Å². The molecule has 0 saturated heterocycles. The zero-order chi connectivity index (χ0) is 34.6. The molecule has 0 radical (unpaired) electrons. The lowest BCUT2D eigenvalue weighted by atomic mass is 9.42. The number of nitrogens with zero attached hydrogens (tertiary/aromatic N) is 1. The van der Waals surface area contributed by atoms with Crippen LogP contribution in [0.4, 0.5) is 0 Å². The third-order valence-corrected chi connectivity index (χ3v) is 12.0. The van der Waals surface area contributed by atoms with Crippen LogP contribution in [0.15, 0.2) is 39.8 Å². The molecule has 6 rings (SSSR count). The van der Waals surface area contributed by atoms with E-state index in [1.54, 1.807) is 30.6 Å². The molecule has 8 atom stereocenters. The average molecular weight is 666 g/mol. The highest BCUT2D eigenvalue weighted by Gasteiger charge is 2.71. The number of carbonyl (C=O) groups excluding carboxylic acids is 3. The molecule has 2 aromatic rings. The first-order valence-corrected chi connectivity index (χ1v) is 17.1. The Bertz CT molecular complexity index is 1620. The second kappa shape index (κ2) is 12.6. The van der Waals surface area contributed by atoms with Gasteiger partial charge in [0.05, 0.1) is 12.0 Å². The van der Waals surface area contributed by atoms with Crippen LogP contribution >= 0.6 is 0 Å². The maximum absolute atomic E-state index is 13.9. The third-order valence-electron chi connectivity index (χ3n) is 12.0. The van der Waals surface area contributed by atoms with Gasteiger partial charge < -0.3 is 28.5 Å². The molecule has 1 aliphatic heterocycles. The summed E-state index contributed by atoms with van der Waals surface area (Å²) in [5.41, 5.74) is -3.07. The van der Waals surface area contributed by atoms with Crippen molar-refractivity contribution in [1.82, 2.24) is 4.98 Å². The van der Waals surface area contributed by atoms with Crippen molar-refractivity contribution in [2.45, 2.75) is 110 Å². The van der Waals surface area contributed by atoms with Gasteiger partial charge >= 0.3 is 23.5 Å². The lowest BCUT2D eigenvalue weighted by Crippen LogP contribution is -2.71. The smallest absolute Gasteiger partial charge is 0.345 e. The summed E-state index contributed by atoms with van der Waals surface area (Å²) in [5, 5.41) is 12.3. The molecule has 11 heteroatoms. The zero-order valence-electron chi connectivity index (χ0n) is 28.7. The topological polar surface area (TPSA) is 151 Å². The van der Waals surface area contributed by atoms with Gasteiger partial charge in [-0.05, 0) is 81.3 Å². The Hall–Kier alpha value is -3.73. The minimum absolute atomic E-state index is 0.00198. The number of ether oxygens (including phenoxy) is 4. The number of aliphatic hydroxyl groups excluding tert-OH is 1. The van der Waals surface area contributed by atoms with Crippen molar-refractivity contribution >= 4 is 17.9 Å². The summed E-state index contributed by atoms with van der Waals surface area (Å²) in [5.74, 6) is -1.67. The number of fused-ring (bicyclic) bond motifs is 4. The monoisotopic (exact) mass is 665 g/mol. The molecule has 3 aliphatic carbocycles. The molecule has 4 aliphatic rings. The SMILES string of the molecule is CC(=O)OCC1(C)C2C[C@H](OC(=O)C3CCC(C)CC3)[C@@]3(C)Oc4cc(-c5cccnc5)oc(=O)c4[C@H](O)C3[C@@]2(C)CC[C@@H]1OC(C)=O. The fourth-order valence-electron chi connectivity index (χ4n) is 9.57. The van der Waals surface area contributed by atoms with Crippen LogP contribution < -0.4 is 10.4 Å². The van der Waals surface area contributed by atoms with Crippen LogP contribution in [0.1, 0.15) is 98.2 Å². The Morgan fingerprint density at radius 1 is 1.02 bits per heavy atom. The molecule has 48 heavy (non-hydrogen) atoms. The van der Waals surface area contributed by atoms with Gasteiger partial charge in [0.25, 0.3) is 0 Å². The first kappa shape index (κ1) is 34.1. The van der Waals surface area contributed by atoms with Crippen molar-refractivity contribution in [1.29, 1.82) is 0 Å². The van der Waals surface area contributed by atoms with Crippen LogP contribution in [0.3, 0.4) is 0 Å². The minimum Gasteiger partial charge on any atom is -0.482 e. The molecule has 0 bridgehead atoms. The number of pyridine rings is 1. The van der Waals surface area contributed by atoms with E-state index in [0.717, 1.165) is 25.7 Å². The summed E-state index contributed by atoms with van der Waals surface area (Å²) in [6.07, 6.45) is 4.95. The molecule has 3 unspecified atom stereocenters. The van der Waals surface area contributed by atoms with Crippen LogP contribution in [-0.2, 0) is 28.6 Å². The zero-order valence-corrected chi connectivity index (χ0v) is 28.7. The molecule has 3 heterocycles. The minimum atomic E-state index is -1.34. The van der Waals surface area contributed by atoms with Crippen molar-refractivity contribution in [3.63, 3.8) is 0 Å². The predicted octanol–water partition coefficient (Wildman–Crippen LogP) is 5.56. The lowest BCUT2D eigenvalue weighted by Gasteiger charge is -2.66. The van der Waals surface area contributed by atoms with E-state index in [1.807, 2.05) is 20.8 Å². The maximum atomic E-state index is 13.9. The number of rotatable bonds is 6. The standard InChI is InChI=1S/C37H47NO10/c1-20-9-11-23(12-10-20)33(42)47-29-17-27-35(4,14-13-28(45-22(3)40)36(27,5)19-44-21(2)39)32-31(41)30-26(48-37(29,32)6)16-25(46-34(30)43)24-8-7-15-38-18-24/h7-8,15-16,18,20,23,27-29,31-32,41H,9-14,17,19H2,1-6H3/t20?,23?,27?,28-,29-,31-,32?,35-,36?,37+/m0/s1. The largest absolute Gasteiger partial charge is 0.482 e. The third kappa shape index (κ3) is 5.81. The van der Waals surface area contributed by atoms with Gasteiger partial charge in [0.2, 0.25) is 0 Å². The van der Waals surface area contributed by atoms with E-state index in [0.29, 0.717) is 30.7 Å². The average Bonchev–Trinajstić information content (AvgIpc) is 3.02. The molecular formula is C37H47NO10. The van der Waals surface area contributed by atoms with E-state index in [-0.39, 0.29) is 41.5 Å². The van der Waals surface area contributed by atoms with Gasteiger partial charge in [-0.25, -0.2) is 4.79 Å². The summed E-state index contributed by atoms with van der Waals surface area (Å²) in [6.45, 7) is 10.6. The van der Waals surface area contributed by atoms with Gasteiger partial charge in [0, 0.05) is 49.2 Å². The van der Waals surface area contributed by atoms with E-state index in [9.17, 15) is 24.3 Å². The van der Waals surface area contributed by atoms with Gasteiger partial charge in [0.1, 0.15) is 41.5 Å². The second-order valence-electron chi connectivity index (χ2n) is 15.2. The highest BCUT2D eigenvalue weighted by Crippen LogP contribution is 2.67. The van der Waals surface area contributed by atoms with Crippen molar-refractivity contribution in [3.05, 3.63) is 46.6 Å². The first-order valence-electron chi connectivity index (χ1n) is 17.1. The van der Waals surface area contributed by atoms with Gasteiger partial charge in [-0.1, -0.05) is 20.8 Å². The van der Waals surface area contributed by atoms with Crippen LogP contribution in [0.2, 0.25) is 0 Å². The Kier molecular flexibility index (Phi) is 8.98. The number of hydrogen-bond donors (Lipinski definition) is 1. The van der Waals surface area contributed by atoms with E-state index >= 15 is 0 Å². The predicted molar refractivity (Wildman–Crippen MR) is 172 cm³/mol. The van der Waals surface area contributed by atoms with E-state index < -0.39 is 58.2 Å².